The van der Waals surface area contributed by atoms with E-state index in [1.54, 1.807) is 16.8 Å². The summed E-state index contributed by atoms with van der Waals surface area (Å²) in [6.07, 6.45) is -2.70. The quantitative estimate of drug-likeness (QED) is 0.458. The fourth-order valence-corrected chi connectivity index (χ4v) is 3.04. The molecule has 0 spiro atoms. The highest BCUT2D eigenvalue weighted by Crippen LogP contribution is 2.21. The van der Waals surface area contributed by atoms with Crippen molar-refractivity contribution in [2.45, 2.75) is 12.6 Å². The minimum Gasteiger partial charge on any atom is -0.475 e. The number of hydrogen-bond acceptors (Lipinski definition) is 5. The van der Waals surface area contributed by atoms with Crippen molar-refractivity contribution in [1.29, 1.82) is 0 Å². The van der Waals surface area contributed by atoms with E-state index in [0.717, 1.165) is 29.9 Å². The van der Waals surface area contributed by atoms with E-state index in [1.807, 2.05) is 36.5 Å². The SMILES string of the molecule is NC(=O)c1cccc2cn(-c3ccc(NC(=O)CC4CNC4)cc3)nc12.O=C(O)C(F)(F)F. The molecule has 0 saturated carbocycles. The van der Waals surface area contributed by atoms with Gasteiger partial charge in [-0.2, -0.15) is 18.3 Å². The van der Waals surface area contributed by atoms with Crippen LogP contribution < -0.4 is 16.4 Å². The van der Waals surface area contributed by atoms with E-state index in [-0.39, 0.29) is 5.91 Å². The van der Waals surface area contributed by atoms with Crippen LogP contribution in [0.4, 0.5) is 18.9 Å². The zero-order valence-corrected chi connectivity index (χ0v) is 17.1. The molecule has 1 saturated heterocycles. The number of carboxylic acid groups (broad SMARTS) is 1. The van der Waals surface area contributed by atoms with Gasteiger partial charge < -0.3 is 21.5 Å². The standard InChI is InChI=1S/C19H19N5O2.C2HF3O2/c20-19(26)16-3-1-2-13-11-24(23-18(13)16)15-6-4-14(5-7-15)22-17(25)8-12-9-21-10-12;3-2(4,5)1(6)7/h1-7,11-12,21H,8-10H2,(H2,20,26)(H,22,25);(H,6,7). The number of fused-ring (bicyclic) bond motifs is 1. The van der Waals surface area contributed by atoms with Crippen LogP contribution in [0, 0.1) is 5.92 Å². The van der Waals surface area contributed by atoms with Gasteiger partial charge in [-0.3, -0.25) is 9.59 Å². The molecule has 0 radical (unpaired) electrons. The van der Waals surface area contributed by atoms with E-state index in [1.165, 1.54) is 0 Å². The molecule has 174 valence electrons. The van der Waals surface area contributed by atoms with Crippen LogP contribution in [-0.2, 0) is 9.59 Å². The minimum absolute atomic E-state index is 0.0279. The zero-order chi connectivity index (χ0) is 24.2. The second kappa shape index (κ2) is 9.69. The molecule has 5 N–H and O–H groups in total. The minimum atomic E-state index is -5.08. The lowest BCUT2D eigenvalue weighted by atomic mass is 9.99. The van der Waals surface area contributed by atoms with Crippen molar-refractivity contribution in [2.24, 2.45) is 11.7 Å². The summed E-state index contributed by atoms with van der Waals surface area (Å²) in [5.74, 6) is -2.79. The molecule has 4 rings (SSSR count). The van der Waals surface area contributed by atoms with Gasteiger partial charge in [0, 0.05) is 23.7 Å². The van der Waals surface area contributed by atoms with Crippen molar-refractivity contribution in [2.75, 3.05) is 18.4 Å². The van der Waals surface area contributed by atoms with Gasteiger partial charge in [0.05, 0.1) is 11.3 Å². The summed E-state index contributed by atoms with van der Waals surface area (Å²) in [7, 11) is 0. The van der Waals surface area contributed by atoms with Crippen LogP contribution in [0.15, 0.2) is 48.7 Å². The van der Waals surface area contributed by atoms with Crippen molar-refractivity contribution < 1.29 is 32.7 Å². The number of hydrogen-bond donors (Lipinski definition) is 4. The normalized spacial score (nSPS) is 13.5. The molecule has 0 bridgehead atoms. The van der Waals surface area contributed by atoms with Crippen molar-refractivity contribution in [3.63, 3.8) is 0 Å². The van der Waals surface area contributed by atoms with E-state index in [2.05, 4.69) is 15.7 Å². The number of anilines is 1. The number of carbonyl (C=O) groups excluding carboxylic acids is 2. The van der Waals surface area contributed by atoms with Crippen LogP contribution in [0.5, 0.6) is 0 Å². The van der Waals surface area contributed by atoms with Crippen LogP contribution in [0.3, 0.4) is 0 Å². The van der Waals surface area contributed by atoms with Gasteiger partial charge >= 0.3 is 12.1 Å². The summed E-state index contributed by atoms with van der Waals surface area (Å²) in [6, 6.07) is 12.8. The van der Waals surface area contributed by atoms with E-state index in [9.17, 15) is 22.8 Å². The second-order valence-corrected chi connectivity index (χ2v) is 7.31. The van der Waals surface area contributed by atoms with Gasteiger partial charge in [0.25, 0.3) is 5.91 Å². The van der Waals surface area contributed by atoms with Gasteiger partial charge in [-0.15, -0.1) is 0 Å². The summed E-state index contributed by atoms with van der Waals surface area (Å²) in [4.78, 5) is 32.4. The van der Waals surface area contributed by atoms with Crippen molar-refractivity contribution in [3.8, 4) is 5.69 Å². The Bertz CT molecular complexity index is 1170. The summed E-state index contributed by atoms with van der Waals surface area (Å²) < 4.78 is 33.4. The Kier molecular flexibility index (Phi) is 6.97. The number of aromatic nitrogens is 2. The van der Waals surface area contributed by atoms with E-state index in [0.29, 0.717) is 23.4 Å². The van der Waals surface area contributed by atoms with Crippen LogP contribution in [0.1, 0.15) is 16.8 Å². The molecule has 2 heterocycles. The average molecular weight is 463 g/mol. The molecule has 33 heavy (non-hydrogen) atoms. The first-order chi connectivity index (χ1) is 15.5. The Morgan fingerprint density at radius 3 is 2.30 bits per heavy atom. The Morgan fingerprint density at radius 1 is 1.15 bits per heavy atom. The number of carboxylic acids is 1. The average Bonchev–Trinajstić information content (AvgIpc) is 3.15. The number of benzene rings is 2. The molecule has 0 atom stereocenters. The lowest BCUT2D eigenvalue weighted by Crippen LogP contribution is -2.43. The van der Waals surface area contributed by atoms with E-state index < -0.39 is 18.1 Å². The summed E-state index contributed by atoms with van der Waals surface area (Å²) in [6.45, 7) is 1.82. The van der Waals surface area contributed by atoms with E-state index >= 15 is 0 Å². The fraction of sp³-hybridized carbons (Fsp3) is 0.238. The third-order valence-corrected chi connectivity index (χ3v) is 4.80. The maximum atomic E-state index is 12.0. The van der Waals surface area contributed by atoms with Gasteiger partial charge in [-0.05, 0) is 49.3 Å². The molecule has 1 aromatic heterocycles. The lowest BCUT2D eigenvalue weighted by molar-refractivity contribution is -0.192. The molecule has 3 aromatic rings. The van der Waals surface area contributed by atoms with Crippen LogP contribution >= 0.6 is 0 Å². The topological polar surface area (TPSA) is 139 Å². The number of halogens is 3. The summed E-state index contributed by atoms with van der Waals surface area (Å²) in [5, 5.41) is 18.5. The second-order valence-electron chi connectivity index (χ2n) is 7.31. The molecule has 0 unspecified atom stereocenters. The zero-order valence-electron chi connectivity index (χ0n) is 17.1. The predicted octanol–water partition coefficient (Wildman–Crippen LogP) is 2.31. The predicted molar refractivity (Wildman–Crippen MR) is 113 cm³/mol. The number of nitrogens with two attached hydrogens (primary N) is 1. The molecule has 1 aliphatic rings. The van der Waals surface area contributed by atoms with Crippen LogP contribution in [0.25, 0.3) is 16.6 Å². The number of nitrogens with one attached hydrogen (secondary N) is 2. The Balaban J connectivity index is 0.000000383. The van der Waals surface area contributed by atoms with Crippen molar-refractivity contribution >= 4 is 34.4 Å². The third-order valence-electron chi connectivity index (χ3n) is 4.80. The Hall–Kier alpha value is -3.93. The van der Waals surface area contributed by atoms with E-state index in [4.69, 9.17) is 15.6 Å². The fourth-order valence-electron chi connectivity index (χ4n) is 3.04. The molecule has 12 heteroatoms. The van der Waals surface area contributed by atoms with Gasteiger partial charge in [-0.25, -0.2) is 9.48 Å². The molecule has 2 aromatic carbocycles. The molecule has 9 nitrogen and oxygen atoms in total. The summed E-state index contributed by atoms with van der Waals surface area (Å²) >= 11 is 0. The van der Waals surface area contributed by atoms with Crippen LogP contribution in [0.2, 0.25) is 0 Å². The number of alkyl halides is 3. The highest BCUT2D eigenvalue weighted by molar-refractivity contribution is 6.04. The molecule has 2 amide bonds. The third kappa shape index (κ3) is 6.07. The smallest absolute Gasteiger partial charge is 0.475 e. The Morgan fingerprint density at radius 2 is 1.79 bits per heavy atom. The number of aliphatic carboxylic acids is 1. The number of primary amides is 1. The Labute approximate surface area is 185 Å². The molecular formula is C21H20F3N5O4. The van der Waals surface area contributed by atoms with Crippen LogP contribution in [-0.4, -0.2) is 51.9 Å². The highest BCUT2D eigenvalue weighted by atomic mass is 19.4. The van der Waals surface area contributed by atoms with Gasteiger partial charge in [0.2, 0.25) is 5.91 Å². The first kappa shape index (κ1) is 23.7. The molecule has 1 aliphatic heterocycles. The number of nitrogens with zero attached hydrogens (tertiary/aromatic N) is 2. The maximum absolute atomic E-state index is 12.0. The van der Waals surface area contributed by atoms with Crippen molar-refractivity contribution in [3.05, 3.63) is 54.2 Å². The lowest BCUT2D eigenvalue weighted by Gasteiger charge is -2.26. The first-order valence-corrected chi connectivity index (χ1v) is 9.74. The van der Waals surface area contributed by atoms with Gasteiger partial charge in [-0.1, -0.05) is 12.1 Å². The van der Waals surface area contributed by atoms with Crippen molar-refractivity contribution in [1.82, 2.24) is 15.1 Å². The molecular weight excluding hydrogens is 443 g/mol. The van der Waals surface area contributed by atoms with Gasteiger partial charge in [0.15, 0.2) is 0 Å². The largest absolute Gasteiger partial charge is 0.490 e. The summed E-state index contributed by atoms with van der Waals surface area (Å²) in [5.41, 5.74) is 7.97. The number of amides is 2. The first-order valence-electron chi connectivity index (χ1n) is 9.74. The highest BCUT2D eigenvalue weighted by Gasteiger charge is 2.38. The number of carbonyl (C=O) groups is 3. The molecule has 0 aliphatic carbocycles. The number of rotatable bonds is 5. The van der Waals surface area contributed by atoms with Gasteiger partial charge in [0.1, 0.15) is 5.52 Å². The molecule has 1 fully saturated rings. The monoisotopic (exact) mass is 463 g/mol. The maximum Gasteiger partial charge on any atom is 0.490 e.